The van der Waals surface area contributed by atoms with Gasteiger partial charge in [-0.25, -0.2) is 0 Å². The maximum Gasteiger partial charge on any atom is 0.119 e. The highest BCUT2D eigenvalue weighted by atomic mass is 16.5. The zero-order chi connectivity index (χ0) is 23.0. The number of hydrogen-bond acceptors (Lipinski definition) is 6. The van der Waals surface area contributed by atoms with Gasteiger partial charge in [0.25, 0.3) is 0 Å². The van der Waals surface area contributed by atoms with Crippen molar-refractivity contribution < 1.29 is 9.47 Å². The average Bonchev–Trinajstić information content (AvgIpc) is 2.84. The van der Waals surface area contributed by atoms with E-state index in [0.29, 0.717) is 13.2 Å². The van der Waals surface area contributed by atoms with E-state index < -0.39 is 12.1 Å². The Balaban J connectivity index is 1.41. The fourth-order valence-corrected chi connectivity index (χ4v) is 3.34. The van der Waals surface area contributed by atoms with E-state index in [2.05, 4.69) is 0 Å². The van der Waals surface area contributed by atoms with Gasteiger partial charge in [0.05, 0.1) is 25.4 Å². The molecule has 0 fully saturated rings. The summed E-state index contributed by atoms with van der Waals surface area (Å²) in [5.74, 6) is 1.64. The van der Waals surface area contributed by atoms with Crippen molar-refractivity contribution >= 4 is 0 Å². The third-order valence-electron chi connectivity index (χ3n) is 5.33. The number of nitrogens with zero attached hydrogens (tertiary/aromatic N) is 2. The molecule has 2 aromatic carbocycles. The topological polar surface area (TPSA) is 118 Å². The Hall–Kier alpha value is -3.06. The molecule has 0 bridgehead atoms. The lowest BCUT2D eigenvalue weighted by Gasteiger charge is -2.08. The van der Waals surface area contributed by atoms with E-state index in [0.717, 1.165) is 35.5 Å². The summed E-state index contributed by atoms with van der Waals surface area (Å²) in [6.07, 6.45) is 9.40. The molecule has 6 heteroatoms. The molecule has 0 amide bonds. The van der Waals surface area contributed by atoms with Crippen LogP contribution in [0.2, 0.25) is 0 Å². The van der Waals surface area contributed by atoms with Crippen LogP contribution in [0.25, 0.3) is 0 Å². The molecule has 32 heavy (non-hydrogen) atoms. The molecule has 0 aliphatic heterocycles. The maximum atomic E-state index is 8.82. The molecule has 0 saturated heterocycles. The lowest BCUT2D eigenvalue weighted by Crippen LogP contribution is -2.07. The van der Waals surface area contributed by atoms with E-state index in [9.17, 15) is 0 Å². The summed E-state index contributed by atoms with van der Waals surface area (Å²) in [4.78, 5) is 0. The predicted octanol–water partition coefficient (Wildman–Crippen LogP) is 5.31. The third-order valence-corrected chi connectivity index (χ3v) is 5.33. The first-order valence-corrected chi connectivity index (χ1v) is 11.4. The lowest BCUT2D eigenvalue weighted by molar-refractivity contribution is 0.301. The first-order valence-electron chi connectivity index (χ1n) is 11.4. The Morgan fingerprint density at radius 2 is 0.875 bits per heavy atom. The SMILES string of the molecule is N#C[C@H](N)c1ccc(OCCCCCCCCCCOc2ccc([C@@H](N)C#N)cc2)cc1. The van der Waals surface area contributed by atoms with Gasteiger partial charge in [-0.15, -0.1) is 0 Å². The van der Waals surface area contributed by atoms with Crippen molar-refractivity contribution in [3.8, 4) is 23.6 Å². The molecule has 2 atom stereocenters. The Kier molecular flexibility index (Phi) is 11.7. The normalized spacial score (nSPS) is 12.4. The van der Waals surface area contributed by atoms with Crippen molar-refractivity contribution in [3.63, 3.8) is 0 Å². The van der Waals surface area contributed by atoms with Crippen LogP contribution in [-0.2, 0) is 0 Å². The number of benzene rings is 2. The van der Waals surface area contributed by atoms with Crippen LogP contribution in [-0.4, -0.2) is 13.2 Å². The van der Waals surface area contributed by atoms with Crippen LogP contribution in [0.5, 0.6) is 11.5 Å². The summed E-state index contributed by atoms with van der Waals surface area (Å²) < 4.78 is 11.5. The van der Waals surface area contributed by atoms with Crippen LogP contribution in [0.15, 0.2) is 48.5 Å². The number of nitrogens with two attached hydrogens (primary N) is 2. The van der Waals surface area contributed by atoms with Gasteiger partial charge in [0.15, 0.2) is 0 Å². The largest absolute Gasteiger partial charge is 0.494 e. The number of nitriles is 2. The summed E-state index contributed by atoms with van der Waals surface area (Å²) in [5, 5.41) is 17.6. The molecule has 6 nitrogen and oxygen atoms in total. The van der Waals surface area contributed by atoms with Gasteiger partial charge in [-0.2, -0.15) is 10.5 Å². The van der Waals surface area contributed by atoms with Crippen molar-refractivity contribution in [3.05, 3.63) is 59.7 Å². The highest BCUT2D eigenvalue weighted by Gasteiger charge is 2.04. The van der Waals surface area contributed by atoms with Gasteiger partial charge in [-0.3, -0.25) is 0 Å². The van der Waals surface area contributed by atoms with Crippen LogP contribution in [0.4, 0.5) is 0 Å². The van der Waals surface area contributed by atoms with E-state index in [1.807, 2.05) is 60.7 Å². The summed E-state index contributed by atoms with van der Waals surface area (Å²) >= 11 is 0. The first-order chi connectivity index (χ1) is 15.6. The predicted molar refractivity (Wildman–Crippen MR) is 126 cm³/mol. The smallest absolute Gasteiger partial charge is 0.119 e. The Morgan fingerprint density at radius 3 is 1.19 bits per heavy atom. The fourth-order valence-electron chi connectivity index (χ4n) is 3.34. The monoisotopic (exact) mass is 434 g/mol. The van der Waals surface area contributed by atoms with E-state index in [1.54, 1.807) is 0 Å². The average molecular weight is 435 g/mol. The summed E-state index contributed by atoms with van der Waals surface area (Å²) in [5.41, 5.74) is 13.0. The van der Waals surface area contributed by atoms with Crippen molar-refractivity contribution in [1.29, 1.82) is 10.5 Å². The van der Waals surface area contributed by atoms with Crippen LogP contribution in [0.1, 0.15) is 74.6 Å². The minimum atomic E-state index is -0.579. The summed E-state index contributed by atoms with van der Waals surface area (Å²) in [6, 6.07) is 17.7. The van der Waals surface area contributed by atoms with Crippen LogP contribution >= 0.6 is 0 Å². The van der Waals surface area contributed by atoms with Gasteiger partial charge in [-0.1, -0.05) is 62.8 Å². The van der Waals surface area contributed by atoms with Crippen molar-refractivity contribution in [2.45, 2.75) is 63.5 Å². The molecule has 0 radical (unpaired) electrons. The Morgan fingerprint density at radius 1 is 0.562 bits per heavy atom. The third kappa shape index (κ3) is 9.39. The van der Waals surface area contributed by atoms with E-state index in [4.69, 9.17) is 31.5 Å². The number of rotatable bonds is 15. The van der Waals surface area contributed by atoms with Gasteiger partial charge < -0.3 is 20.9 Å². The highest BCUT2D eigenvalue weighted by Crippen LogP contribution is 2.18. The zero-order valence-electron chi connectivity index (χ0n) is 18.7. The van der Waals surface area contributed by atoms with Crippen LogP contribution in [0, 0.1) is 22.7 Å². The molecule has 170 valence electrons. The summed E-state index contributed by atoms with van der Waals surface area (Å²) in [7, 11) is 0. The molecular weight excluding hydrogens is 400 g/mol. The molecule has 0 heterocycles. The first kappa shape index (κ1) is 25.2. The molecule has 2 aromatic rings. The van der Waals surface area contributed by atoms with Gasteiger partial charge in [-0.05, 0) is 48.2 Å². The van der Waals surface area contributed by atoms with Crippen molar-refractivity contribution in [2.75, 3.05) is 13.2 Å². The second-order valence-corrected chi connectivity index (χ2v) is 7.88. The molecule has 0 unspecified atom stereocenters. The Labute approximate surface area is 191 Å². The minimum absolute atomic E-state index is 0.579. The maximum absolute atomic E-state index is 8.82. The molecule has 0 saturated carbocycles. The second kappa shape index (κ2) is 14.9. The molecule has 0 aromatic heterocycles. The van der Waals surface area contributed by atoms with E-state index in [1.165, 1.54) is 38.5 Å². The van der Waals surface area contributed by atoms with Crippen LogP contribution in [0.3, 0.4) is 0 Å². The highest BCUT2D eigenvalue weighted by molar-refractivity contribution is 5.32. The van der Waals surface area contributed by atoms with Gasteiger partial charge in [0.1, 0.15) is 23.6 Å². The minimum Gasteiger partial charge on any atom is -0.494 e. The van der Waals surface area contributed by atoms with Crippen LogP contribution < -0.4 is 20.9 Å². The number of hydrogen-bond donors (Lipinski definition) is 2. The second-order valence-electron chi connectivity index (χ2n) is 7.88. The van der Waals surface area contributed by atoms with Crippen molar-refractivity contribution in [2.24, 2.45) is 11.5 Å². The number of unbranched alkanes of at least 4 members (excludes halogenated alkanes) is 7. The molecule has 4 N–H and O–H groups in total. The number of ether oxygens (including phenoxy) is 2. The molecule has 0 aliphatic rings. The fraction of sp³-hybridized carbons (Fsp3) is 0.462. The zero-order valence-corrected chi connectivity index (χ0v) is 18.7. The molecule has 0 spiro atoms. The molecule has 2 rings (SSSR count). The van der Waals surface area contributed by atoms with Gasteiger partial charge in [0, 0.05) is 0 Å². The molecular formula is C26H34N4O2. The van der Waals surface area contributed by atoms with Crippen molar-refractivity contribution in [1.82, 2.24) is 0 Å². The summed E-state index contributed by atoms with van der Waals surface area (Å²) in [6.45, 7) is 1.43. The molecule has 0 aliphatic carbocycles. The van der Waals surface area contributed by atoms with E-state index in [-0.39, 0.29) is 0 Å². The van der Waals surface area contributed by atoms with Gasteiger partial charge in [0.2, 0.25) is 0 Å². The standard InChI is InChI=1S/C26H34N4O2/c27-19-25(29)21-9-13-23(14-10-21)31-17-7-5-3-1-2-4-6-8-18-32-24-15-11-22(12-16-24)26(30)20-28/h9-16,25-26H,1-8,17-18,29-30H2/t25-,26-/m0/s1. The van der Waals surface area contributed by atoms with E-state index >= 15 is 0 Å². The lowest BCUT2D eigenvalue weighted by atomic mass is 10.1. The van der Waals surface area contributed by atoms with Gasteiger partial charge >= 0.3 is 0 Å². The Bertz CT molecular complexity index is 780. The quantitative estimate of drug-likeness (QED) is 0.367.